The van der Waals surface area contributed by atoms with Crippen LogP contribution in [-0.2, 0) is 9.53 Å². The molecule has 1 saturated heterocycles. The molecule has 0 spiro atoms. The molecule has 0 atom stereocenters. The Morgan fingerprint density at radius 3 is 2.33 bits per heavy atom. The lowest BCUT2D eigenvalue weighted by molar-refractivity contribution is -0.143. The molecule has 2 aliphatic heterocycles. The van der Waals surface area contributed by atoms with Gasteiger partial charge in [0, 0.05) is 91.5 Å². The minimum absolute atomic E-state index is 0. The SMILES string of the molecule is CCN(CC)c1ccc2c(-c3ccccc3C(=O)N3CCN(CCCOC(=O)CCS)CC3)c3ccc(=[N+](CC)CC)cc-3oc2c1.Cl. The van der Waals surface area contributed by atoms with Crippen LogP contribution in [0.25, 0.3) is 33.4 Å². The van der Waals surface area contributed by atoms with E-state index in [0.717, 1.165) is 96.7 Å². The molecular weight excluding hydrogens is 644 g/mol. The number of nitrogens with zero attached hydrogens (tertiary/aromatic N) is 4. The molecule has 258 valence electrons. The van der Waals surface area contributed by atoms with Gasteiger partial charge in [0.15, 0.2) is 0 Å². The van der Waals surface area contributed by atoms with Gasteiger partial charge in [-0.3, -0.25) is 14.5 Å². The van der Waals surface area contributed by atoms with Crippen LogP contribution in [-0.4, -0.2) is 92.9 Å². The van der Waals surface area contributed by atoms with Gasteiger partial charge in [-0.05, 0) is 63.9 Å². The van der Waals surface area contributed by atoms with Crippen molar-refractivity contribution in [3.05, 3.63) is 71.6 Å². The molecule has 48 heavy (non-hydrogen) atoms. The first-order valence-electron chi connectivity index (χ1n) is 17.1. The minimum Gasteiger partial charge on any atom is -0.466 e. The minimum atomic E-state index is -0.199. The Labute approximate surface area is 296 Å². The van der Waals surface area contributed by atoms with Crippen molar-refractivity contribution in [2.24, 2.45) is 0 Å². The summed E-state index contributed by atoms with van der Waals surface area (Å²) in [5.74, 6) is 1.15. The van der Waals surface area contributed by atoms with Crippen LogP contribution in [0.5, 0.6) is 0 Å². The highest BCUT2D eigenvalue weighted by atomic mass is 35.5. The van der Waals surface area contributed by atoms with Gasteiger partial charge in [0.1, 0.15) is 24.4 Å². The summed E-state index contributed by atoms with van der Waals surface area (Å²) in [6.45, 7) is 16.4. The summed E-state index contributed by atoms with van der Waals surface area (Å²) in [4.78, 5) is 32.5. The number of amides is 1. The van der Waals surface area contributed by atoms with Crippen molar-refractivity contribution in [2.75, 3.05) is 76.2 Å². The van der Waals surface area contributed by atoms with Crippen LogP contribution < -0.4 is 14.8 Å². The molecule has 1 amide bonds. The number of hydrogen-bond donors (Lipinski definition) is 1. The average Bonchev–Trinajstić information content (AvgIpc) is 3.10. The molecule has 1 fully saturated rings. The largest absolute Gasteiger partial charge is 0.466 e. The van der Waals surface area contributed by atoms with Gasteiger partial charge in [0.2, 0.25) is 5.36 Å². The molecule has 2 aromatic carbocycles. The molecule has 0 radical (unpaired) electrons. The van der Waals surface area contributed by atoms with Crippen molar-refractivity contribution in [1.29, 1.82) is 0 Å². The lowest BCUT2D eigenvalue weighted by Crippen LogP contribution is -2.49. The summed E-state index contributed by atoms with van der Waals surface area (Å²) >= 11 is 4.08. The standard InChI is InChI=1S/C38H48N4O4S.ClH/c1-5-40(6-2)28-14-16-32-34(26-28)46-35-27-29(41(7-3)8-4)15-17-33(35)37(32)30-12-9-10-13-31(30)38(44)42-22-20-39(21-23-42)19-11-24-45-36(43)18-25-47;/h9-10,12-17,26-27H,5-8,11,18-25H2,1-4H3;1H/p+1. The van der Waals surface area contributed by atoms with Gasteiger partial charge in [-0.25, -0.2) is 4.58 Å². The zero-order valence-electron chi connectivity index (χ0n) is 28.7. The molecule has 3 aliphatic rings. The number of thiol groups is 1. The Hall–Kier alpha value is -3.53. The van der Waals surface area contributed by atoms with Crippen LogP contribution in [0.2, 0.25) is 0 Å². The molecule has 2 heterocycles. The van der Waals surface area contributed by atoms with Gasteiger partial charge in [0.25, 0.3) is 5.91 Å². The van der Waals surface area contributed by atoms with Gasteiger partial charge in [0.05, 0.1) is 19.1 Å². The van der Waals surface area contributed by atoms with Crippen LogP contribution in [0, 0.1) is 0 Å². The second kappa shape index (κ2) is 17.7. The van der Waals surface area contributed by atoms with Gasteiger partial charge in [-0.2, -0.15) is 12.6 Å². The zero-order chi connectivity index (χ0) is 33.3. The molecular formula is C38H50ClN4O4S+. The van der Waals surface area contributed by atoms with Crippen LogP contribution in [0.4, 0.5) is 5.69 Å². The number of carbonyl (C=O) groups is 2. The Kier molecular flexibility index (Phi) is 13.8. The number of fused-ring (bicyclic) bond motifs is 2. The van der Waals surface area contributed by atoms with Crippen LogP contribution in [0.1, 0.15) is 50.9 Å². The van der Waals surface area contributed by atoms with E-state index < -0.39 is 0 Å². The molecule has 0 unspecified atom stereocenters. The van der Waals surface area contributed by atoms with Crippen LogP contribution >= 0.6 is 25.0 Å². The summed E-state index contributed by atoms with van der Waals surface area (Å²) in [6.07, 6.45) is 1.11. The van der Waals surface area contributed by atoms with E-state index in [1.165, 1.54) is 0 Å². The monoisotopic (exact) mass is 693 g/mol. The van der Waals surface area contributed by atoms with E-state index in [2.05, 4.69) is 97.2 Å². The second-order valence-corrected chi connectivity index (χ2v) is 12.4. The van der Waals surface area contributed by atoms with Gasteiger partial charge >= 0.3 is 5.97 Å². The molecule has 5 rings (SSSR count). The molecule has 0 aromatic heterocycles. The lowest BCUT2D eigenvalue weighted by atomic mass is 9.90. The van der Waals surface area contributed by atoms with E-state index >= 15 is 0 Å². The fourth-order valence-corrected chi connectivity index (χ4v) is 6.78. The quantitative estimate of drug-likeness (QED) is 0.0584. The topological polar surface area (TPSA) is 69.2 Å². The highest BCUT2D eigenvalue weighted by Gasteiger charge is 2.27. The van der Waals surface area contributed by atoms with Crippen LogP contribution in [0.15, 0.2) is 65.1 Å². The number of esters is 1. The first-order valence-corrected chi connectivity index (χ1v) is 17.8. The average molecular weight is 694 g/mol. The fraction of sp³-hybridized carbons (Fsp3) is 0.447. The van der Waals surface area contributed by atoms with Gasteiger partial charge < -0.3 is 19.0 Å². The number of benzene rings is 3. The first kappa shape index (κ1) is 37.3. The molecule has 2 aromatic rings. The molecule has 0 bridgehead atoms. The number of anilines is 1. The van der Waals surface area contributed by atoms with E-state index in [0.29, 0.717) is 37.4 Å². The van der Waals surface area contributed by atoms with Crippen molar-refractivity contribution in [2.45, 2.75) is 40.5 Å². The summed E-state index contributed by atoms with van der Waals surface area (Å²) < 4.78 is 14.3. The maximum absolute atomic E-state index is 14.2. The van der Waals surface area contributed by atoms with Crippen molar-refractivity contribution in [3.63, 3.8) is 0 Å². The Morgan fingerprint density at radius 2 is 1.65 bits per heavy atom. The second-order valence-electron chi connectivity index (χ2n) is 11.9. The third-order valence-corrected chi connectivity index (χ3v) is 9.45. The Morgan fingerprint density at radius 1 is 0.917 bits per heavy atom. The molecule has 0 N–H and O–H groups in total. The summed E-state index contributed by atoms with van der Waals surface area (Å²) in [7, 11) is 0. The summed E-state index contributed by atoms with van der Waals surface area (Å²) in [5, 5.41) is 2.11. The third-order valence-electron chi connectivity index (χ3n) is 9.23. The predicted molar refractivity (Wildman–Crippen MR) is 202 cm³/mol. The lowest BCUT2D eigenvalue weighted by Gasteiger charge is -2.35. The van der Waals surface area contributed by atoms with Crippen molar-refractivity contribution >= 4 is 53.6 Å². The highest BCUT2D eigenvalue weighted by Crippen LogP contribution is 2.42. The van der Waals surface area contributed by atoms with E-state index in [9.17, 15) is 9.59 Å². The molecule has 0 saturated carbocycles. The third kappa shape index (κ3) is 8.36. The van der Waals surface area contributed by atoms with E-state index in [1.807, 2.05) is 23.1 Å². The first-order chi connectivity index (χ1) is 22.9. The van der Waals surface area contributed by atoms with Crippen LogP contribution in [0.3, 0.4) is 0 Å². The van der Waals surface area contributed by atoms with Gasteiger partial charge in [-0.15, -0.1) is 12.4 Å². The predicted octanol–water partition coefficient (Wildman–Crippen LogP) is 6.30. The van der Waals surface area contributed by atoms with E-state index in [1.54, 1.807) is 0 Å². The molecule has 10 heteroatoms. The number of hydrogen-bond acceptors (Lipinski definition) is 7. The summed E-state index contributed by atoms with van der Waals surface area (Å²) in [6, 6.07) is 20.9. The normalized spacial score (nSPS) is 13.4. The number of halogens is 1. The maximum Gasteiger partial charge on any atom is 0.306 e. The molecule has 8 nitrogen and oxygen atoms in total. The number of piperazine rings is 1. The van der Waals surface area contributed by atoms with Crippen molar-refractivity contribution in [3.8, 4) is 22.5 Å². The smallest absolute Gasteiger partial charge is 0.306 e. The van der Waals surface area contributed by atoms with E-state index in [4.69, 9.17) is 9.15 Å². The Bertz CT molecular complexity index is 1720. The van der Waals surface area contributed by atoms with Crippen molar-refractivity contribution in [1.82, 2.24) is 14.4 Å². The fourth-order valence-electron chi connectivity index (χ4n) is 6.60. The maximum atomic E-state index is 14.2. The number of carbonyl (C=O) groups excluding carboxylic acids is 2. The molecule has 1 aliphatic carbocycles. The number of rotatable bonds is 13. The highest BCUT2D eigenvalue weighted by molar-refractivity contribution is 7.80. The van der Waals surface area contributed by atoms with Crippen molar-refractivity contribution < 1.29 is 18.7 Å². The van der Waals surface area contributed by atoms with Gasteiger partial charge in [-0.1, -0.05) is 18.2 Å². The Balaban J connectivity index is 0.00000520. The van der Waals surface area contributed by atoms with E-state index in [-0.39, 0.29) is 24.3 Å². The zero-order valence-corrected chi connectivity index (χ0v) is 30.5. The number of ether oxygens (including phenoxy) is 1. The summed E-state index contributed by atoms with van der Waals surface area (Å²) in [5.41, 5.74) is 5.55.